The van der Waals surface area contributed by atoms with Crippen molar-refractivity contribution in [2.75, 3.05) is 6.54 Å². The number of rotatable bonds is 6. The Bertz CT molecular complexity index is 406. The summed E-state index contributed by atoms with van der Waals surface area (Å²) in [5.74, 6) is 0.820. The topological polar surface area (TPSA) is 55.2 Å². The van der Waals surface area contributed by atoms with Gasteiger partial charge in [-0.05, 0) is 25.3 Å². The third kappa shape index (κ3) is 3.03. The molecule has 0 bridgehead atoms. The van der Waals surface area contributed by atoms with E-state index in [0.717, 1.165) is 24.4 Å². The molecule has 0 aromatic heterocycles. The molecule has 17 heavy (non-hydrogen) atoms. The van der Waals surface area contributed by atoms with Crippen LogP contribution in [0.25, 0.3) is 0 Å². The Morgan fingerprint density at radius 1 is 1.47 bits per heavy atom. The van der Waals surface area contributed by atoms with Gasteiger partial charge in [-0.25, -0.2) is 0 Å². The van der Waals surface area contributed by atoms with E-state index in [4.69, 9.17) is 0 Å². The number of hydrogen-bond acceptors (Lipinski definition) is 3. The second kappa shape index (κ2) is 5.27. The van der Waals surface area contributed by atoms with Gasteiger partial charge in [-0.1, -0.05) is 31.5 Å². The number of hydrogen-bond donors (Lipinski definition) is 1. The molecule has 1 N–H and O–H groups in total. The highest BCUT2D eigenvalue weighted by molar-refractivity contribution is 5.39. The average Bonchev–Trinajstić information content (AvgIpc) is 3.08. The summed E-state index contributed by atoms with van der Waals surface area (Å²) in [5, 5.41) is 14.3. The minimum Gasteiger partial charge on any atom is -0.313 e. The van der Waals surface area contributed by atoms with Crippen LogP contribution >= 0.6 is 0 Å². The summed E-state index contributed by atoms with van der Waals surface area (Å²) in [6.45, 7) is 3.03. The second-order valence-corrected chi connectivity index (χ2v) is 4.60. The molecule has 2 atom stereocenters. The van der Waals surface area contributed by atoms with Gasteiger partial charge in [-0.2, -0.15) is 0 Å². The Morgan fingerprint density at radius 3 is 2.88 bits per heavy atom. The molecule has 0 saturated heterocycles. The van der Waals surface area contributed by atoms with Crippen LogP contribution in [0.2, 0.25) is 0 Å². The Balaban J connectivity index is 1.84. The normalized spacial score (nSPS) is 22.4. The molecule has 1 saturated carbocycles. The molecule has 1 aliphatic rings. The molecular formula is C13H18N2O2. The third-order valence-electron chi connectivity index (χ3n) is 3.44. The number of nitro groups is 1. The lowest BCUT2D eigenvalue weighted by molar-refractivity contribution is -0.385. The van der Waals surface area contributed by atoms with Crippen LogP contribution in [0.15, 0.2) is 24.3 Å². The van der Waals surface area contributed by atoms with Crippen LogP contribution in [-0.4, -0.2) is 17.5 Å². The van der Waals surface area contributed by atoms with Gasteiger partial charge >= 0.3 is 0 Å². The lowest BCUT2D eigenvalue weighted by Gasteiger charge is -2.04. The highest BCUT2D eigenvalue weighted by Crippen LogP contribution is 2.33. The van der Waals surface area contributed by atoms with Crippen LogP contribution < -0.4 is 5.32 Å². The smallest absolute Gasteiger partial charge is 0.272 e. The van der Waals surface area contributed by atoms with Crippen LogP contribution in [0.5, 0.6) is 0 Å². The Kier molecular flexibility index (Phi) is 3.74. The van der Waals surface area contributed by atoms with Crippen molar-refractivity contribution in [1.82, 2.24) is 5.32 Å². The summed E-state index contributed by atoms with van der Waals surface area (Å²) in [4.78, 5) is 10.5. The van der Waals surface area contributed by atoms with Crippen LogP contribution in [-0.2, 0) is 6.42 Å². The second-order valence-electron chi connectivity index (χ2n) is 4.60. The van der Waals surface area contributed by atoms with Crippen LogP contribution in [0, 0.1) is 16.0 Å². The Hall–Kier alpha value is -1.42. The van der Waals surface area contributed by atoms with E-state index in [1.54, 1.807) is 12.1 Å². The number of para-hydroxylation sites is 1. The molecular weight excluding hydrogens is 216 g/mol. The SMILES string of the molecule is CCC1CC1NCCc1ccccc1[N+](=O)[O-]. The third-order valence-corrected chi connectivity index (χ3v) is 3.44. The fraction of sp³-hybridized carbons (Fsp3) is 0.538. The highest BCUT2D eigenvalue weighted by atomic mass is 16.6. The summed E-state index contributed by atoms with van der Waals surface area (Å²) < 4.78 is 0. The van der Waals surface area contributed by atoms with Gasteiger partial charge in [0.2, 0.25) is 0 Å². The molecule has 4 nitrogen and oxygen atoms in total. The van der Waals surface area contributed by atoms with Crippen LogP contribution in [0.4, 0.5) is 5.69 Å². The summed E-state index contributed by atoms with van der Waals surface area (Å²) in [5.41, 5.74) is 1.05. The van der Waals surface area contributed by atoms with E-state index >= 15 is 0 Å². The minimum atomic E-state index is -0.304. The van der Waals surface area contributed by atoms with Crippen molar-refractivity contribution < 1.29 is 4.92 Å². The molecule has 2 unspecified atom stereocenters. The molecule has 0 amide bonds. The molecule has 1 fully saturated rings. The maximum atomic E-state index is 10.8. The van der Waals surface area contributed by atoms with Crippen molar-refractivity contribution in [3.05, 3.63) is 39.9 Å². The summed E-state index contributed by atoms with van der Waals surface area (Å²) in [6, 6.07) is 7.62. The Labute approximate surface area is 101 Å². The van der Waals surface area contributed by atoms with Gasteiger partial charge in [0, 0.05) is 17.7 Å². The molecule has 0 radical (unpaired) electrons. The zero-order chi connectivity index (χ0) is 12.3. The van der Waals surface area contributed by atoms with Gasteiger partial charge in [0.15, 0.2) is 0 Å². The maximum Gasteiger partial charge on any atom is 0.272 e. The number of benzene rings is 1. The summed E-state index contributed by atoms with van der Waals surface area (Å²) in [7, 11) is 0. The van der Waals surface area contributed by atoms with Gasteiger partial charge < -0.3 is 5.32 Å². The lowest BCUT2D eigenvalue weighted by Crippen LogP contribution is -2.21. The molecule has 0 aliphatic heterocycles. The van der Waals surface area contributed by atoms with E-state index in [2.05, 4.69) is 12.2 Å². The fourth-order valence-electron chi connectivity index (χ4n) is 2.24. The zero-order valence-corrected chi connectivity index (χ0v) is 10.1. The fourth-order valence-corrected chi connectivity index (χ4v) is 2.24. The molecule has 4 heteroatoms. The van der Waals surface area contributed by atoms with Crippen molar-refractivity contribution in [2.24, 2.45) is 5.92 Å². The van der Waals surface area contributed by atoms with Crippen molar-refractivity contribution in [1.29, 1.82) is 0 Å². The summed E-state index contributed by atoms with van der Waals surface area (Å²) in [6.07, 6.45) is 3.21. The van der Waals surface area contributed by atoms with Gasteiger partial charge in [0.05, 0.1) is 4.92 Å². The summed E-state index contributed by atoms with van der Waals surface area (Å²) >= 11 is 0. The van der Waals surface area contributed by atoms with Crippen molar-refractivity contribution in [3.8, 4) is 0 Å². The van der Waals surface area contributed by atoms with Crippen molar-refractivity contribution in [2.45, 2.75) is 32.2 Å². The minimum absolute atomic E-state index is 0.233. The maximum absolute atomic E-state index is 10.8. The van der Waals surface area contributed by atoms with Crippen molar-refractivity contribution >= 4 is 5.69 Å². The molecule has 0 spiro atoms. The largest absolute Gasteiger partial charge is 0.313 e. The first-order valence-electron chi connectivity index (χ1n) is 6.18. The number of nitrogens with one attached hydrogen (secondary N) is 1. The zero-order valence-electron chi connectivity index (χ0n) is 10.1. The predicted molar refractivity (Wildman–Crippen MR) is 67.0 cm³/mol. The molecule has 1 aromatic rings. The molecule has 2 rings (SSSR count). The Morgan fingerprint density at radius 2 is 2.24 bits per heavy atom. The molecule has 92 valence electrons. The van der Waals surface area contributed by atoms with E-state index in [-0.39, 0.29) is 10.6 Å². The molecule has 1 aliphatic carbocycles. The first-order valence-corrected chi connectivity index (χ1v) is 6.18. The molecule has 0 heterocycles. The number of nitrogens with zero attached hydrogens (tertiary/aromatic N) is 1. The van der Waals surface area contributed by atoms with Gasteiger partial charge in [0.1, 0.15) is 0 Å². The lowest BCUT2D eigenvalue weighted by atomic mass is 10.1. The quantitative estimate of drug-likeness (QED) is 0.608. The van der Waals surface area contributed by atoms with Gasteiger partial charge in [-0.3, -0.25) is 10.1 Å². The number of nitro benzene ring substituents is 1. The monoisotopic (exact) mass is 234 g/mol. The van der Waals surface area contributed by atoms with Crippen LogP contribution in [0.3, 0.4) is 0 Å². The van der Waals surface area contributed by atoms with E-state index in [1.165, 1.54) is 12.8 Å². The first kappa shape index (κ1) is 12.0. The van der Waals surface area contributed by atoms with E-state index in [1.807, 2.05) is 12.1 Å². The van der Waals surface area contributed by atoms with E-state index in [0.29, 0.717) is 6.04 Å². The highest BCUT2D eigenvalue weighted by Gasteiger charge is 2.34. The molecule has 1 aromatic carbocycles. The van der Waals surface area contributed by atoms with E-state index in [9.17, 15) is 10.1 Å². The van der Waals surface area contributed by atoms with Gasteiger partial charge in [0.25, 0.3) is 5.69 Å². The van der Waals surface area contributed by atoms with Crippen molar-refractivity contribution in [3.63, 3.8) is 0 Å². The standard InChI is InChI=1S/C13H18N2O2/c1-2-10-9-12(10)14-8-7-11-5-3-4-6-13(11)15(16)17/h3-6,10,12,14H,2,7-9H2,1H3. The van der Waals surface area contributed by atoms with E-state index < -0.39 is 0 Å². The van der Waals surface area contributed by atoms with Gasteiger partial charge in [-0.15, -0.1) is 0 Å². The average molecular weight is 234 g/mol. The van der Waals surface area contributed by atoms with Crippen LogP contribution in [0.1, 0.15) is 25.3 Å². The first-order chi connectivity index (χ1) is 8.22. The predicted octanol–water partition coefficient (Wildman–Crippen LogP) is 2.53.